The molecule has 11 heteroatoms. The summed E-state index contributed by atoms with van der Waals surface area (Å²) < 4.78 is 56.8. The van der Waals surface area contributed by atoms with E-state index in [0.717, 1.165) is 6.20 Å². The Kier molecular flexibility index (Phi) is 6.94. The van der Waals surface area contributed by atoms with Gasteiger partial charge in [-0.1, -0.05) is 32.1 Å². The van der Waals surface area contributed by atoms with Gasteiger partial charge in [0.25, 0.3) is 5.78 Å². The number of allylic oxidation sites excluding steroid dienone is 3. The highest BCUT2D eigenvalue weighted by molar-refractivity contribution is 7.14. The first-order chi connectivity index (χ1) is 16.9. The van der Waals surface area contributed by atoms with Crippen molar-refractivity contribution in [1.82, 2.24) is 15.3 Å². The van der Waals surface area contributed by atoms with Crippen LogP contribution in [0, 0.1) is 11.7 Å². The summed E-state index contributed by atoms with van der Waals surface area (Å²) in [6.45, 7) is 4.01. The molecule has 1 aliphatic carbocycles. The molecule has 1 amide bonds. The monoisotopic (exact) mass is 519 g/mol. The van der Waals surface area contributed by atoms with Gasteiger partial charge < -0.3 is 9.73 Å². The number of alkyl halides is 3. The number of carbonyl (C=O) groups is 2. The average Bonchev–Trinajstić information content (AvgIpc) is 3.53. The molecule has 2 aromatic heterocycles. The summed E-state index contributed by atoms with van der Waals surface area (Å²) in [5, 5.41) is 3.16. The summed E-state index contributed by atoms with van der Waals surface area (Å²) in [6.07, 6.45) is 2.68. The van der Waals surface area contributed by atoms with Gasteiger partial charge in [0.1, 0.15) is 22.0 Å². The Balaban J connectivity index is 1.37. The van der Waals surface area contributed by atoms with Crippen LogP contribution >= 0.6 is 11.3 Å². The molecule has 0 fully saturated rings. The molecule has 1 N–H and O–H groups in total. The lowest BCUT2D eigenvalue weighted by Crippen LogP contribution is -2.39. The molecule has 2 heterocycles. The molecule has 0 spiro atoms. The van der Waals surface area contributed by atoms with Crippen molar-refractivity contribution in [2.24, 2.45) is 5.92 Å². The van der Waals surface area contributed by atoms with E-state index in [9.17, 15) is 27.2 Å². The number of aromatic nitrogens is 2. The number of hydrogen-bond donors (Lipinski definition) is 1. The fraction of sp³-hybridized carbons (Fsp3) is 0.280. The van der Waals surface area contributed by atoms with Crippen LogP contribution in [-0.4, -0.2) is 34.4 Å². The number of benzene rings is 1. The Bertz CT molecular complexity index is 1340. The van der Waals surface area contributed by atoms with E-state index in [2.05, 4.69) is 15.3 Å². The quantitative estimate of drug-likeness (QED) is 0.318. The van der Waals surface area contributed by atoms with Crippen molar-refractivity contribution in [2.75, 3.05) is 6.54 Å². The molecule has 0 aliphatic heterocycles. The van der Waals surface area contributed by atoms with Crippen molar-refractivity contribution in [3.05, 3.63) is 76.3 Å². The van der Waals surface area contributed by atoms with Crippen LogP contribution in [0.4, 0.5) is 17.6 Å². The highest BCUT2D eigenvalue weighted by Gasteiger charge is 2.40. The highest BCUT2D eigenvalue weighted by atomic mass is 32.1. The molecule has 1 atom stereocenters. The Morgan fingerprint density at radius 2 is 1.92 bits per heavy atom. The number of hydrogen-bond acceptors (Lipinski definition) is 6. The van der Waals surface area contributed by atoms with Crippen molar-refractivity contribution in [3.63, 3.8) is 0 Å². The van der Waals surface area contributed by atoms with Crippen LogP contribution in [0.15, 0.2) is 59.4 Å². The number of thiazole rings is 1. The number of nitrogens with zero attached hydrogens (tertiary/aromatic N) is 2. The number of carbonyl (C=O) groups excluding carboxylic acids is 2. The second-order valence-corrected chi connectivity index (χ2v) is 9.92. The maximum atomic E-state index is 13.2. The fourth-order valence-corrected chi connectivity index (χ4v) is 4.43. The maximum Gasteiger partial charge on any atom is 0.455 e. The minimum Gasteiger partial charge on any atom is -0.444 e. The van der Waals surface area contributed by atoms with Crippen LogP contribution in [-0.2, 0) is 10.2 Å². The van der Waals surface area contributed by atoms with Crippen LogP contribution < -0.4 is 5.32 Å². The summed E-state index contributed by atoms with van der Waals surface area (Å²) in [6, 6.07) is 5.74. The SMILES string of the molecule is CC(C)(CNC(=O)C1C=CC=C(c2ncc(C(=O)C(F)(F)F)s2)C1)c1coc(-c2ccc(F)cc2)n1. The van der Waals surface area contributed by atoms with E-state index in [-0.39, 0.29) is 29.7 Å². The van der Waals surface area contributed by atoms with Crippen LogP contribution in [0.3, 0.4) is 0 Å². The number of ketones is 1. The molecule has 0 saturated heterocycles. The first-order valence-electron chi connectivity index (χ1n) is 10.9. The lowest BCUT2D eigenvalue weighted by atomic mass is 9.89. The zero-order chi connectivity index (χ0) is 26.1. The van der Waals surface area contributed by atoms with Crippen LogP contribution in [0.5, 0.6) is 0 Å². The van der Waals surface area contributed by atoms with Gasteiger partial charge in [0.05, 0.1) is 11.6 Å². The maximum absolute atomic E-state index is 13.2. The molecule has 0 radical (unpaired) electrons. The molecule has 3 aromatic rings. The van der Waals surface area contributed by atoms with Crippen molar-refractivity contribution in [2.45, 2.75) is 31.9 Å². The molecular weight excluding hydrogens is 498 g/mol. The van der Waals surface area contributed by atoms with Gasteiger partial charge in [0.2, 0.25) is 11.8 Å². The third-order valence-corrected chi connectivity index (χ3v) is 6.74. The Labute approximate surface area is 207 Å². The molecule has 1 aliphatic rings. The van der Waals surface area contributed by atoms with E-state index in [4.69, 9.17) is 4.42 Å². The summed E-state index contributed by atoms with van der Waals surface area (Å²) >= 11 is 0.650. The van der Waals surface area contributed by atoms with Gasteiger partial charge in [-0.3, -0.25) is 9.59 Å². The normalized spacial score (nSPS) is 16.1. The number of halogens is 4. The smallest absolute Gasteiger partial charge is 0.444 e. The van der Waals surface area contributed by atoms with Gasteiger partial charge in [-0.05, 0) is 36.3 Å². The molecule has 0 saturated carbocycles. The number of oxazole rings is 1. The second-order valence-electron chi connectivity index (χ2n) is 8.89. The van der Waals surface area contributed by atoms with E-state index in [1.54, 1.807) is 30.4 Å². The van der Waals surface area contributed by atoms with Crippen molar-refractivity contribution in [3.8, 4) is 11.5 Å². The van der Waals surface area contributed by atoms with E-state index in [1.807, 2.05) is 13.8 Å². The van der Waals surface area contributed by atoms with E-state index >= 15 is 0 Å². The zero-order valence-electron chi connectivity index (χ0n) is 19.2. The molecule has 1 aromatic carbocycles. The van der Waals surface area contributed by atoms with Crippen LogP contribution in [0.25, 0.3) is 17.0 Å². The van der Waals surface area contributed by atoms with Gasteiger partial charge in [-0.2, -0.15) is 13.2 Å². The first kappa shape index (κ1) is 25.5. The Hall–Kier alpha value is -3.60. The van der Waals surface area contributed by atoms with Crippen LogP contribution in [0.1, 0.15) is 40.6 Å². The van der Waals surface area contributed by atoms with Crippen molar-refractivity contribution >= 4 is 28.6 Å². The molecule has 0 bridgehead atoms. The van der Waals surface area contributed by atoms with Crippen molar-refractivity contribution < 1.29 is 31.6 Å². The van der Waals surface area contributed by atoms with Crippen LogP contribution in [0.2, 0.25) is 0 Å². The number of Topliss-reactive ketones (excluding diaryl/α,β-unsaturated/α-hetero) is 1. The minimum absolute atomic E-state index is 0.231. The standard InChI is InChI=1S/C25H21F4N3O3S/c1-24(2,19-12-35-22(32-19)14-6-8-17(26)9-7-14)13-31-21(34)15-4-3-5-16(10-15)23-30-11-18(36-23)20(33)25(27,28)29/h3-9,11-12,15H,10,13H2,1-2H3,(H,31,34). The third kappa shape index (κ3) is 5.62. The lowest BCUT2D eigenvalue weighted by Gasteiger charge is -2.24. The number of amides is 1. The van der Waals surface area contributed by atoms with Gasteiger partial charge in [-0.25, -0.2) is 14.4 Å². The summed E-state index contributed by atoms with van der Waals surface area (Å²) in [5.74, 6) is -2.80. The zero-order valence-corrected chi connectivity index (χ0v) is 20.0. The predicted molar refractivity (Wildman–Crippen MR) is 126 cm³/mol. The number of rotatable bonds is 7. The summed E-state index contributed by atoms with van der Waals surface area (Å²) in [7, 11) is 0. The van der Waals surface area contributed by atoms with E-state index in [1.165, 1.54) is 18.4 Å². The summed E-state index contributed by atoms with van der Waals surface area (Å²) in [4.78, 5) is 32.2. The molecule has 1 unspecified atom stereocenters. The van der Waals surface area contributed by atoms with Crippen molar-refractivity contribution in [1.29, 1.82) is 0 Å². The lowest BCUT2D eigenvalue weighted by molar-refractivity contribution is -0.123. The largest absolute Gasteiger partial charge is 0.455 e. The van der Waals surface area contributed by atoms with E-state index in [0.29, 0.717) is 34.1 Å². The second kappa shape index (κ2) is 9.81. The minimum atomic E-state index is -4.97. The molecule has 188 valence electrons. The van der Waals surface area contributed by atoms with E-state index < -0.39 is 28.2 Å². The molecule has 4 rings (SSSR count). The Morgan fingerprint density at radius 3 is 2.61 bits per heavy atom. The predicted octanol–water partition coefficient (Wildman–Crippen LogP) is 5.74. The molecular formula is C25H21F4N3O3S. The summed E-state index contributed by atoms with van der Waals surface area (Å²) in [5.41, 5.74) is 1.21. The number of nitrogens with one attached hydrogen (secondary N) is 1. The van der Waals surface area contributed by atoms with Gasteiger partial charge in [0.15, 0.2) is 0 Å². The van der Waals surface area contributed by atoms with Gasteiger partial charge in [0, 0.05) is 23.7 Å². The van der Waals surface area contributed by atoms with Gasteiger partial charge in [-0.15, -0.1) is 11.3 Å². The average molecular weight is 520 g/mol. The van der Waals surface area contributed by atoms with Gasteiger partial charge >= 0.3 is 6.18 Å². The Morgan fingerprint density at radius 1 is 1.19 bits per heavy atom. The first-order valence-corrected chi connectivity index (χ1v) is 11.7. The highest BCUT2D eigenvalue weighted by Crippen LogP contribution is 2.33. The molecule has 36 heavy (non-hydrogen) atoms. The topological polar surface area (TPSA) is 85.1 Å². The third-order valence-electron chi connectivity index (χ3n) is 5.67. The molecule has 6 nitrogen and oxygen atoms in total. The fourth-order valence-electron chi connectivity index (χ4n) is 3.52.